The second-order valence-corrected chi connectivity index (χ2v) is 4.80. The average molecular weight is 289 g/mol. The van der Waals surface area contributed by atoms with Gasteiger partial charge in [0, 0.05) is 13.1 Å². The summed E-state index contributed by atoms with van der Waals surface area (Å²) in [6, 6.07) is 6.78. The first-order valence-corrected chi connectivity index (χ1v) is 6.31. The highest BCUT2D eigenvalue weighted by Crippen LogP contribution is 2.37. The van der Waals surface area contributed by atoms with Gasteiger partial charge in [-0.2, -0.15) is 5.10 Å². The highest BCUT2D eigenvalue weighted by atomic mass is 19.1. The fourth-order valence-electron chi connectivity index (χ4n) is 2.25. The maximum absolute atomic E-state index is 13.5. The molecule has 3 rings (SSSR count). The second-order valence-electron chi connectivity index (χ2n) is 4.80. The first-order valence-electron chi connectivity index (χ1n) is 6.31. The van der Waals surface area contributed by atoms with Crippen LogP contribution in [0.25, 0.3) is 22.6 Å². The molecule has 0 fully saturated rings. The topological polar surface area (TPSA) is 57.0 Å². The molecule has 0 aliphatic heterocycles. The lowest BCUT2D eigenvalue weighted by Crippen LogP contribution is -1.98. The molecule has 0 bridgehead atoms. The zero-order valence-electron chi connectivity index (χ0n) is 11.5. The van der Waals surface area contributed by atoms with Crippen molar-refractivity contribution < 1.29 is 13.2 Å². The number of aromatic nitrogens is 2. The molecule has 0 saturated carbocycles. The quantitative estimate of drug-likeness (QED) is 0.785. The van der Waals surface area contributed by atoms with Crippen molar-refractivity contribution in [1.82, 2.24) is 9.78 Å². The van der Waals surface area contributed by atoms with E-state index in [9.17, 15) is 8.78 Å². The number of aryl methyl sites for hydroxylation is 2. The average Bonchev–Trinajstić information content (AvgIpc) is 2.94. The maximum atomic E-state index is 13.5. The van der Waals surface area contributed by atoms with Gasteiger partial charge < -0.3 is 10.2 Å². The molecule has 2 heterocycles. The molecule has 0 aliphatic rings. The van der Waals surface area contributed by atoms with Crippen molar-refractivity contribution in [2.45, 2.75) is 6.92 Å². The Morgan fingerprint density at radius 2 is 1.81 bits per heavy atom. The summed E-state index contributed by atoms with van der Waals surface area (Å²) in [5.74, 6) is 0.179. The number of anilines is 1. The fourth-order valence-corrected chi connectivity index (χ4v) is 2.25. The van der Waals surface area contributed by atoms with Gasteiger partial charge in [-0.3, -0.25) is 4.68 Å². The highest BCUT2D eigenvalue weighted by Gasteiger charge is 2.20. The van der Waals surface area contributed by atoms with Crippen LogP contribution in [0.5, 0.6) is 0 Å². The summed E-state index contributed by atoms with van der Waals surface area (Å²) >= 11 is 0. The van der Waals surface area contributed by atoms with Gasteiger partial charge in [0.05, 0.1) is 5.56 Å². The minimum absolute atomic E-state index is 0.309. The minimum atomic E-state index is -0.671. The molecule has 0 radical (unpaired) electrons. The van der Waals surface area contributed by atoms with Crippen molar-refractivity contribution in [3.63, 3.8) is 0 Å². The van der Waals surface area contributed by atoms with E-state index in [1.807, 2.05) is 0 Å². The molecule has 108 valence electrons. The maximum Gasteiger partial charge on any atom is 0.155 e. The molecule has 6 heteroatoms. The lowest BCUT2D eigenvalue weighted by atomic mass is 10.0. The van der Waals surface area contributed by atoms with Gasteiger partial charge in [-0.05, 0) is 36.8 Å². The SMILES string of the molecule is Cc1ccc(-c2nn(C)c(N)c2-c2cc(F)cc(F)c2)o1. The monoisotopic (exact) mass is 289 g/mol. The van der Waals surface area contributed by atoms with Crippen LogP contribution in [0.2, 0.25) is 0 Å². The number of nitrogens with two attached hydrogens (primary N) is 1. The van der Waals surface area contributed by atoms with Crippen LogP contribution in [0.1, 0.15) is 5.76 Å². The first kappa shape index (κ1) is 13.4. The minimum Gasteiger partial charge on any atom is -0.460 e. The summed E-state index contributed by atoms with van der Waals surface area (Å²) in [5, 5.41) is 4.28. The van der Waals surface area contributed by atoms with Crippen LogP contribution in [0, 0.1) is 18.6 Å². The molecule has 1 aromatic carbocycles. The smallest absolute Gasteiger partial charge is 0.155 e. The standard InChI is InChI=1S/C15H13F2N3O/c1-8-3-4-12(21-8)14-13(15(18)20(2)19-14)9-5-10(16)7-11(17)6-9/h3-7H,18H2,1-2H3. The van der Waals surface area contributed by atoms with Crippen LogP contribution in [-0.2, 0) is 7.05 Å². The van der Waals surface area contributed by atoms with Crippen LogP contribution in [-0.4, -0.2) is 9.78 Å². The van der Waals surface area contributed by atoms with Crippen LogP contribution < -0.4 is 5.73 Å². The molecular weight excluding hydrogens is 276 g/mol. The number of furan rings is 1. The molecule has 3 aromatic rings. The number of hydrogen-bond donors (Lipinski definition) is 1. The molecule has 0 atom stereocenters. The third-order valence-electron chi connectivity index (χ3n) is 3.22. The summed E-state index contributed by atoms with van der Waals surface area (Å²) in [4.78, 5) is 0. The lowest BCUT2D eigenvalue weighted by molar-refractivity contribution is 0.545. The van der Waals surface area contributed by atoms with E-state index in [1.54, 1.807) is 26.1 Å². The van der Waals surface area contributed by atoms with Gasteiger partial charge in [0.1, 0.15) is 28.9 Å². The Morgan fingerprint density at radius 3 is 2.38 bits per heavy atom. The number of rotatable bonds is 2. The highest BCUT2D eigenvalue weighted by molar-refractivity contribution is 5.86. The van der Waals surface area contributed by atoms with Gasteiger partial charge >= 0.3 is 0 Å². The zero-order chi connectivity index (χ0) is 15.1. The normalized spacial score (nSPS) is 11.0. The van der Waals surface area contributed by atoms with E-state index in [-0.39, 0.29) is 0 Å². The first-order chi connectivity index (χ1) is 9.95. The van der Waals surface area contributed by atoms with E-state index in [2.05, 4.69) is 5.10 Å². The second kappa shape index (κ2) is 4.73. The van der Waals surface area contributed by atoms with Crippen LogP contribution in [0.3, 0.4) is 0 Å². The Labute approximate surface area is 119 Å². The Hall–Kier alpha value is -2.63. The van der Waals surface area contributed by atoms with Crippen molar-refractivity contribution >= 4 is 5.82 Å². The summed E-state index contributed by atoms with van der Waals surface area (Å²) in [6.45, 7) is 1.80. The van der Waals surface area contributed by atoms with E-state index < -0.39 is 11.6 Å². The Kier molecular flexibility index (Phi) is 3.01. The van der Waals surface area contributed by atoms with Gasteiger partial charge in [0.25, 0.3) is 0 Å². The number of nitrogens with zero attached hydrogens (tertiary/aromatic N) is 2. The number of benzene rings is 1. The van der Waals surface area contributed by atoms with Gasteiger partial charge in [-0.1, -0.05) is 0 Å². The summed E-state index contributed by atoms with van der Waals surface area (Å²) in [7, 11) is 1.66. The van der Waals surface area contributed by atoms with E-state index >= 15 is 0 Å². The van der Waals surface area contributed by atoms with Crippen molar-refractivity contribution in [2.24, 2.45) is 7.05 Å². The molecule has 0 spiro atoms. The fraction of sp³-hybridized carbons (Fsp3) is 0.133. The number of nitrogen functional groups attached to an aromatic ring is 1. The molecule has 0 aliphatic carbocycles. The molecule has 2 N–H and O–H groups in total. The van der Waals surface area contributed by atoms with Gasteiger partial charge in [0.15, 0.2) is 5.76 Å². The summed E-state index contributed by atoms with van der Waals surface area (Å²) in [5.41, 5.74) is 7.22. The summed E-state index contributed by atoms with van der Waals surface area (Å²) in [6.07, 6.45) is 0. The van der Waals surface area contributed by atoms with Crippen molar-refractivity contribution in [1.29, 1.82) is 0 Å². The molecule has 0 amide bonds. The predicted octanol–water partition coefficient (Wildman–Crippen LogP) is 3.52. The van der Waals surface area contributed by atoms with E-state index in [1.165, 1.54) is 16.8 Å². The Morgan fingerprint density at radius 1 is 1.14 bits per heavy atom. The predicted molar refractivity (Wildman–Crippen MR) is 75.4 cm³/mol. The molecule has 4 nitrogen and oxygen atoms in total. The largest absolute Gasteiger partial charge is 0.460 e. The number of hydrogen-bond acceptors (Lipinski definition) is 3. The third kappa shape index (κ3) is 2.29. The molecule has 2 aromatic heterocycles. The van der Waals surface area contributed by atoms with Gasteiger partial charge in [0.2, 0.25) is 0 Å². The number of halogens is 2. The van der Waals surface area contributed by atoms with Gasteiger partial charge in [-0.15, -0.1) is 0 Å². The van der Waals surface area contributed by atoms with Gasteiger partial charge in [-0.25, -0.2) is 8.78 Å². The van der Waals surface area contributed by atoms with E-state index in [0.717, 1.165) is 6.07 Å². The third-order valence-corrected chi connectivity index (χ3v) is 3.22. The van der Waals surface area contributed by atoms with Crippen molar-refractivity contribution in [3.05, 3.63) is 47.7 Å². The molecule has 0 unspecified atom stereocenters. The van der Waals surface area contributed by atoms with Crippen LogP contribution >= 0.6 is 0 Å². The molecule has 21 heavy (non-hydrogen) atoms. The molecular formula is C15H13F2N3O. The van der Waals surface area contributed by atoms with Crippen LogP contribution in [0.4, 0.5) is 14.6 Å². The Bertz CT molecular complexity index is 800. The van der Waals surface area contributed by atoms with E-state index in [0.29, 0.717) is 34.2 Å². The Balaban J connectivity index is 2.26. The van der Waals surface area contributed by atoms with Crippen molar-refractivity contribution in [2.75, 3.05) is 5.73 Å². The van der Waals surface area contributed by atoms with E-state index in [4.69, 9.17) is 10.2 Å². The van der Waals surface area contributed by atoms with Crippen LogP contribution in [0.15, 0.2) is 34.7 Å². The van der Waals surface area contributed by atoms with Crippen molar-refractivity contribution in [3.8, 4) is 22.6 Å². The zero-order valence-corrected chi connectivity index (χ0v) is 11.5. The summed E-state index contributed by atoms with van der Waals surface area (Å²) < 4.78 is 33.9. The lowest BCUT2D eigenvalue weighted by Gasteiger charge is -2.04. The molecule has 0 saturated heterocycles.